The first-order valence-corrected chi connectivity index (χ1v) is 30.9. The van der Waals surface area contributed by atoms with Crippen molar-refractivity contribution < 1.29 is 66.8 Å². The Labute approximate surface area is 501 Å². The van der Waals surface area contributed by atoms with Crippen LogP contribution < -0.4 is 5.32 Å². The highest BCUT2D eigenvalue weighted by molar-refractivity contribution is 5.96. The molecule has 0 radical (unpaired) electrons. The molecule has 0 unspecified atom stereocenters. The number of unbranched alkanes of at least 4 members (excludes halogenated alkanes) is 6. The lowest BCUT2D eigenvalue weighted by atomic mass is 9.91. The van der Waals surface area contributed by atoms with Crippen LogP contribution in [0.15, 0.2) is 42.5 Å². The van der Waals surface area contributed by atoms with E-state index in [9.17, 15) is 43.2 Å². The molecule has 2 saturated heterocycles. The zero-order valence-electron chi connectivity index (χ0n) is 53.8. The Kier molecular flexibility index (Phi) is 26.7. The van der Waals surface area contributed by atoms with Crippen molar-refractivity contribution in [3.05, 3.63) is 48.0 Å². The number of amides is 3. The molecule has 3 amide bonds. The number of piperidine rings is 2. The van der Waals surface area contributed by atoms with Gasteiger partial charge in [0.2, 0.25) is 11.8 Å². The second kappa shape index (κ2) is 31.7. The minimum Gasteiger partial charge on any atom is -0.469 e. The highest BCUT2D eigenvalue weighted by atomic mass is 16.6. The Bertz CT molecular complexity index is 2430. The number of esters is 4. The minimum atomic E-state index is -0.980. The largest absolute Gasteiger partial charge is 0.469 e. The van der Waals surface area contributed by atoms with Crippen LogP contribution in [0, 0.1) is 58.2 Å². The molecule has 5 rings (SSSR count). The summed E-state index contributed by atoms with van der Waals surface area (Å²) in [6, 6.07) is 8.00. The summed E-state index contributed by atoms with van der Waals surface area (Å²) >= 11 is 0. The molecule has 4 aliphatic rings. The Morgan fingerprint density at radius 1 is 0.643 bits per heavy atom. The van der Waals surface area contributed by atoms with Crippen molar-refractivity contribution in [3.63, 3.8) is 0 Å². The quantitative estimate of drug-likeness (QED) is 0.0316. The lowest BCUT2D eigenvalue weighted by molar-refractivity contribution is -0.159. The first-order chi connectivity index (χ1) is 39.3. The molecule has 1 aromatic carbocycles. The third-order valence-corrected chi connectivity index (χ3v) is 17.2. The molecule has 18 nitrogen and oxygen atoms in total. The van der Waals surface area contributed by atoms with Gasteiger partial charge in [0, 0.05) is 45.6 Å². The molecule has 18 heteroatoms. The fourth-order valence-electron chi connectivity index (χ4n) is 12.4. The van der Waals surface area contributed by atoms with Crippen LogP contribution >= 0.6 is 0 Å². The van der Waals surface area contributed by atoms with E-state index in [1.807, 2.05) is 63.3 Å². The SMILES string of the molecule is CCCCC=CCN(C[C@H](CC(=O)OC(C)(C)C)C(=O)N1C[C@H]2[C@@H]([C@H]1C(=O)C[C@@H](C)C(=O)OC)C2(C)C)C(=O)OCc1ccccc1.CCCCCCCNC[C@H](CC(=O)OC(C)(C)C)C(=O)N1C[C@H]2[C@@H]([C@H]1C(=O)C[C@@H](C)C(=O)OC)C2(C)C. The van der Waals surface area contributed by atoms with Gasteiger partial charge in [0.05, 0.1) is 62.8 Å². The number of hydrogen-bond acceptors (Lipinski definition) is 15. The summed E-state index contributed by atoms with van der Waals surface area (Å²) in [6.07, 6.45) is 11.6. The molecule has 2 aliphatic carbocycles. The van der Waals surface area contributed by atoms with E-state index in [0.717, 1.165) is 44.2 Å². The number of hydrogen-bond donors (Lipinski definition) is 1. The van der Waals surface area contributed by atoms with Gasteiger partial charge in [-0.15, -0.1) is 0 Å². The fraction of sp³-hybridized carbons (Fsp3) is 0.742. The number of Topliss-reactive ketones (excluding diaryl/α,β-unsaturated/α-hetero) is 2. The second-order valence-electron chi connectivity index (χ2n) is 27.1. The maximum absolute atomic E-state index is 14.4. The molecule has 2 aliphatic heterocycles. The number of nitrogens with zero attached hydrogens (tertiary/aromatic N) is 3. The van der Waals surface area contributed by atoms with Gasteiger partial charge >= 0.3 is 30.0 Å². The van der Waals surface area contributed by atoms with E-state index in [1.165, 1.54) is 38.4 Å². The van der Waals surface area contributed by atoms with Crippen molar-refractivity contribution in [1.82, 2.24) is 20.0 Å². The zero-order chi connectivity index (χ0) is 62.9. The Hall–Kier alpha value is -5.65. The average Bonchev–Trinajstić information content (AvgIpc) is 1.55. The topological polar surface area (TPSA) is 222 Å². The molecule has 84 heavy (non-hydrogen) atoms. The van der Waals surface area contributed by atoms with E-state index >= 15 is 0 Å². The molecule has 1 aromatic rings. The van der Waals surface area contributed by atoms with Crippen LogP contribution in [0.2, 0.25) is 0 Å². The highest BCUT2D eigenvalue weighted by Crippen LogP contribution is 2.66. The molecule has 2 saturated carbocycles. The minimum absolute atomic E-state index is 0.0248. The van der Waals surface area contributed by atoms with Crippen LogP contribution in [-0.2, 0) is 68.6 Å². The average molecular weight is 1180 g/mol. The number of methoxy groups -OCH3 is 2. The first kappa shape index (κ1) is 70.8. The summed E-state index contributed by atoms with van der Waals surface area (Å²) < 4.78 is 26.4. The third kappa shape index (κ3) is 20.5. The Morgan fingerprint density at radius 2 is 1.11 bits per heavy atom. The molecule has 4 fully saturated rings. The first-order valence-electron chi connectivity index (χ1n) is 30.9. The van der Waals surface area contributed by atoms with Gasteiger partial charge in [0.15, 0.2) is 11.6 Å². The molecule has 472 valence electrons. The summed E-state index contributed by atoms with van der Waals surface area (Å²) in [5, 5.41) is 3.37. The van der Waals surface area contributed by atoms with Gasteiger partial charge in [-0.2, -0.15) is 0 Å². The molecule has 10 atom stereocenters. The van der Waals surface area contributed by atoms with Crippen molar-refractivity contribution in [3.8, 4) is 0 Å². The number of ether oxygens (including phenoxy) is 5. The van der Waals surface area contributed by atoms with Crippen LogP contribution in [0.25, 0.3) is 0 Å². The van der Waals surface area contributed by atoms with E-state index in [2.05, 4.69) is 46.9 Å². The molecule has 0 bridgehead atoms. The van der Waals surface area contributed by atoms with Gasteiger partial charge in [0.1, 0.15) is 17.8 Å². The lowest BCUT2D eigenvalue weighted by Gasteiger charge is -2.34. The van der Waals surface area contributed by atoms with Crippen molar-refractivity contribution in [2.75, 3.05) is 53.5 Å². The van der Waals surface area contributed by atoms with E-state index in [1.54, 1.807) is 44.4 Å². The predicted octanol–water partition coefficient (Wildman–Crippen LogP) is 10.1. The zero-order valence-corrected chi connectivity index (χ0v) is 53.8. The van der Waals surface area contributed by atoms with Crippen LogP contribution in [0.4, 0.5) is 4.79 Å². The van der Waals surface area contributed by atoms with Crippen molar-refractivity contribution in [1.29, 1.82) is 0 Å². The number of likely N-dealkylation sites (tertiary alicyclic amines) is 2. The summed E-state index contributed by atoms with van der Waals surface area (Å²) in [4.78, 5) is 124. The van der Waals surface area contributed by atoms with E-state index in [0.29, 0.717) is 19.6 Å². The third-order valence-electron chi connectivity index (χ3n) is 17.2. The maximum Gasteiger partial charge on any atom is 0.410 e. The smallest absolute Gasteiger partial charge is 0.410 e. The number of rotatable bonds is 31. The predicted molar refractivity (Wildman–Crippen MR) is 321 cm³/mol. The maximum atomic E-state index is 14.4. The summed E-state index contributed by atoms with van der Waals surface area (Å²) in [5.74, 6) is -5.23. The molecule has 1 N–H and O–H groups in total. The van der Waals surface area contributed by atoms with Crippen LogP contribution in [0.3, 0.4) is 0 Å². The number of carbonyl (C=O) groups is 9. The normalized spacial score (nSPS) is 22.2. The Balaban J connectivity index is 0.000000371. The highest BCUT2D eigenvalue weighted by Gasteiger charge is 2.70. The van der Waals surface area contributed by atoms with Gasteiger partial charge in [-0.25, -0.2) is 4.79 Å². The van der Waals surface area contributed by atoms with Crippen LogP contribution in [-0.4, -0.2) is 145 Å². The van der Waals surface area contributed by atoms with Gasteiger partial charge in [-0.1, -0.05) is 136 Å². The number of nitrogens with one attached hydrogen (secondary N) is 1. The van der Waals surface area contributed by atoms with Gasteiger partial charge in [0.25, 0.3) is 0 Å². The standard InChI is InChI=1S/C37H54N2O8.C29H50N2O6/c1-9-10-11-12-16-19-38(35(44)46-24-26-17-14-13-15-18-26)22-27(21-30(41)47-36(3,4)5)33(42)39-23-28-31(37(28,6)7)32(39)29(40)20-25(2)34(43)45-8;1-9-10-11-12-13-14-30-17-20(16-23(33)37-28(3,4)5)26(34)31-18-21-24(29(21,6)7)25(31)22(32)15-19(2)27(35)36-8/h12-18,25,27-28,31-32H,9-11,19-24H2,1-8H3;19-21,24-25,30H,9-18H2,1-8H3/t25-,27+,28+,31+,32-;19-,20+,21+,24+,25-/m11/s1. The number of allylic oxidation sites excluding steroid dienone is 1. The number of fused-ring (bicyclic) bond motifs is 2. The number of benzene rings is 1. The summed E-state index contributed by atoms with van der Waals surface area (Å²) in [5.41, 5.74) is -0.754. The summed E-state index contributed by atoms with van der Waals surface area (Å²) in [7, 11) is 2.60. The van der Waals surface area contributed by atoms with Crippen LogP contribution in [0.5, 0.6) is 0 Å². The monoisotopic (exact) mass is 1180 g/mol. The van der Waals surface area contributed by atoms with Gasteiger partial charge < -0.3 is 43.7 Å². The molecule has 0 aromatic heterocycles. The number of carbonyl (C=O) groups excluding carboxylic acids is 9. The van der Waals surface area contributed by atoms with Gasteiger partial charge in [-0.05, 0) is 101 Å². The lowest BCUT2D eigenvalue weighted by Crippen LogP contribution is -2.51. The molecule has 2 heterocycles. The molecule has 0 spiro atoms. The van der Waals surface area contributed by atoms with Crippen molar-refractivity contribution >= 4 is 53.4 Å². The molecular weight excluding hydrogens is 1070 g/mol. The van der Waals surface area contributed by atoms with Gasteiger partial charge in [-0.3, -0.25) is 38.4 Å². The van der Waals surface area contributed by atoms with E-state index in [-0.39, 0.29) is 97.4 Å². The number of ketones is 2. The second-order valence-corrected chi connectivity index (χ2v) is 27.1. The van der Waals surface area contributed by atoms with Crippen molar-refractivity contribution in [2.45, 2.75) is 204 Å². The van der Waals surface area contributed by atoms with Crippen molar-refractivity contribution in [2.24, 2.45) is 58.2 Å². The fourth-order valence-corrected chi connectivity index (χ4v) is 12.4. The Morgan fingerprint density at radius 3 is 1.57 bits per heavy atom. The van der Waals surface area contributed by atoms with E-state index in [4.69, 9.17) is 23.7 Å². The summed E-state index contributed by atoms with van der Waals surface area (Å²) in [6.45, 7) is 28.9. The van der Waals surface area contributed by atoms with E-state index < -0.39 is 82.8 Å². The van der Waals surface area contributed by atoms with Crippen LogP contribution in [0.1, 0.15) is 180 Å². The molecular formula is C66H104N4O14.